The molecule has 0 aliphatic carbocycles. The fourth-order valence-corrected chi connectivity index (χ4v) is 3.60. The zero-order chi connectivity index (χ0) is 20.1. The van der Waals surface area contributed by atoms with Crippen LogP contribution in [-0.2, 0) is 19.3 Å². The van der Waals surface area contributed by atoms with Crippen LogP contribution in [0.15, 0.2) is 79.1 Å². The summed E-state index contributed by atoms with van der Waals surface area (Å²) in [6.07, 6.45) is 6.44. The minimum atomic E-state index is -0.243. The molecule has 0 unspecified atom stereocenters. The minimum Gasteiger partial charge on any atom is -0.244 e. The van der Waals surface area contributed by atoms with Gasteiger partial charge in [-0.1, -0.05) is 74.0 Å². The first-order valence-electron chi connectivity index (χ1n) is 9.98. The van der Waals surface area contributed by atoms with Crippen molar-refractivity contribution in [3.63, 3.8) is 0 Å². The van der Waals surface area contributed by atoms with E-state index in [9.17, 15) is 4.79 Å². The molecule has 146 valence electrons. The summed E-state index contributed by atoms with van der Waals surface area (Å²) in [5.74, 6) is 0. The molecule has 0 fully saturated rings. The van der Waals surface area contributed by atoms with Gasteiger partial charge in [0.2, 0.25) is 0 Å². The molecule has 5 heteroatoms. The number of benzene rings is 2. The van der Waals surface area contributed by atoms with Gasteiger partial charge >= 0.3 is 6.03 Å². The van der Waals surface area contributed by atoms with Gasteiger partial charge in [-0.2, -0.15) is 19.6 Å². The first-order valence-corrected chi connectivity index (χ1v) is 9.98. The Morgan fingerprint density at radius 2 is 1.55 bits per heavy atom. The molecule has 0 bridgehead atoms. The Labute approximate surface area is 170 Å². The summed E-state index contributed by atoms with van der Waals surface area (Å²) >= 11 is 0. The smallest absolute Gasteiger partial charge is 0.244 e. The predicted octanol–water partition coefficient (Wildman–Crippen LogP) is 4.73. The van der Waals surface area contributed by atoms with E-state index < -0.39 is 0 Å². The van der Waals surface area contributed by atoms with Crippen LogP contribution >= 0.6 is 0 Å². The summed E-state index contributed by atoms with van der Waals surface area (Å²) in [4.78, 5) is 13.1. The van der Waals surface area contributed by atoms with Gasteiger partial charge in [0.1, 0.15) is 0 Å². The van der Waals surface area contributed by atoms with Crippen molar-refractivity contribution in [3.05, 3.63) is 107 Å². The van der Waals surface area contributed by atoms with Crippen molar-refractivity contribution in [2.75, 3.05) is 0 Å². The Balaban J connectivity index is 1.80. The van der Waals surface area contributed by atoms with Gasteiger partial charge in [-0.25, -0.2) is 4.79 Å². The molecule has 0 saturated carbocycles. The molecule has 4 rings (SSSR count). The molecule has 5 nitrogen and oxygen atoms in total. The topological polar surface area (TPSA) is 52.7 Å². The van der Waals surface area contributed by atoms with Gasteiger partial charge < -0.3 is 0 Å². The number of aromatic nitrogens is 4. The molecular weight excluding hydrogens is 360 g/mol. The van der Waals surface area contributed by atoms with E-state index >= 15 is 0 Å². The summed E-state index contributed by atoms with van der Waals surface area (Å²) < 4.78 is 2.89. The summed E-state index contributed by atoms with van der Waals surface area (Å²) in [6.45, 7) is 2.12. The van der Waals surface area contributed by atoms with Crippen molar-refractivity contribution in [2.45, 2.75) is 32.6 Å². The predicted molar refractivity (Wildman–Crippen MR) is 113 cm³/mol. The third-order valence-electron chi connectivity index (χ3n) is 4.98. The Hall–Kier alpha value is -3.47. The summed E-state index contributed by atoms with van der Waals surface area (Å²) in [7, 11) is 0. The van der Waals surface area contributed by atoms with Crippen LogP contribution in [0.25, 0.3) is 0 Å². The van der Waals surface area contributed by atoms with Gasteiger partial charge in [-0.05, 0) is 23.6 Å². The van der Waals surface area contributed by atoms with Crippen LogP contribution in [0.5, 0.6) is 0 Å². The fourth-order valence-electron chi connectivity index (χ4n) is 3.60. The third kappa shape index (κ3) is 4.19. The second-order valence-electron chi connectivity index (χ2n) is 7.09. The van der Waals surface area contributed by atoms with Crippen molar-refractivity contribution in [1.29, 1.82) is 0 Å². The highest BCUT2D eigenvalue weighted by Crippen LogP contribution is 2.23. The number of hydrogen-bond donors (Lipinski definition) is 0. The average Bonchev–Trinajstić information content (AvgIpc) is 3.40. The zero-order valence-corrected chi connectivity index (χ0v) is 16.5. The standard InChI is InChI=1S/C24H24N4O/c1-2-10-23-21(17-19-11-5-3-6-12-19)22(18-20-13-7-4-8-14-20)26-28(23)24(29)27-16-9-15-25-27/h3-9,11-16H,2,10,17-18H2,1H3. The molecule has 0 atom stereocenters. The van der Waals surface area contributed by atoms with Gasteiger partial charge in [-0.15, -0.1) is 0 Å². The Morgan fingerprint density at radius 1 is 0.897 bits per heavy atom. The molecule has 2 aromatic heterocycles. The zero-order valence-electron chi connectivity index (χ0n) is 16.5. The highest BCUT2D eigenvalue weighted by atomic mass is 16.2. The first-order chi connectivity index (χ1) is 14.3. The average molecular weight is 384 g/mol. The van der Waals surface area contributed by atoms with Crippen LogP contribution < -0.4 is 0 Å². The van der Waals surface area contributed by atoms with Crippen LogP contribution in [-0.4, -0.2) is 25.6 Å². The van der Waals surface area contributed by atoms with Gasteiger partial charge in [-0.3, -0.25) is 0 Å². The Bertz CT molecular complexity index is 1070. The Kier molecular flexibility index (Phi) is 5.66. The van der Waals surface area contributed by atoms with Gasteiger partial charge in [0.15, 0.2) is 0 Å². The van der Waals surface area contributed by atoms with E-state index in [2.05, 4.69) is 36.3 Å². The molecule has 0 saturated heterocycles. The van der Waals surface area contributed by atoms with Crippen LogP contribution in [0, 0.1) is 0 Å². The van der Waals surface area contributed by atoms with E-state index in [0.29, 0.717) is 6.42 Å². The highest BCUT2D eigenvalue weighted by Gasteiger charge is 2.22. The van der Waals surface area contributed by atoms with E-state index in [-0.39, 0.29) is 6.03 Å². The summed E-state index contributed by atoms with van der Waals surface area (Å²) in [5, 5.41) is 8.89. The molecular formula is C24H24N4O. The first kappa shape index (κ1) is 18.9. The number of carbonyl (C=O) groups is 1. The van der Waals surface area contributed by atoms with Gasteiger partial charge in [0.05, 0.1) is 11.4 Å². The maximum absolute atomic E-state index is 13.1. The van der Waals surface area contributed by atoms with Crippen molar-refractivity contribution in [3.8, 4) is 0 Å². The Morgan fingerprint density at radius 3 is 2.14 bits per heavy atom. The van der Waals surface area contributed by atoms with Crippen molar-refractivity contribution in [1.82, 2.24) is 19.6 Å². The van der Waals surface area contributed by atoms with Crippen molar-refractivity contribution < 1.29 is 4.79 Å². The quantitative estimate of drug-likeness (QED) is 0.483. The molecule has 0 aliphatic heterocycles. The van der Waals surface area contributed by atoms with Gasteiger partial charge in [0, 0.05) is 30.8 Å². The molecule has 0 aliphatic rings. The molecule has 0 spiro atoms. The lowest BCUT2D eigenvalue weighted by Gasteiger charge is -2.09. The number of nitrogens with zero attached hydrogens (tertiary/aromatic N) is 4. The molecule has 0 N–H and O–H groups in total. The van der Waals surface area contributed by atoms with Crippen LogP contribution in [0.1, 0.15) is 41.4 Å². The lowest BCUT2D eigenvalue weighted by molar-refractivity contribution is 0.237. The SMILES string of the molecule is CCCc1c(Cc2ccccc2)c(Cc2ccccc2)nn1C(=O)n1cccn1. The van der Waals surface area contributed by atoms with E-state index in [1.807, 2.05) is 36.4 Å². The van der Waals surface area contributed by atoms with Crippen LogP contribution in [0.2, 0.25) is 0 Å². The van der Waals surface area contributed by atoms with Crippen LogP contribution in [0.3, 0.4) is 0 Å². The summed E-state index contributed by atoms with van der Waals surface area (Å²) in [6, 6.07) is 22.1. The molecule has 2 heterocycles. The maximum Gasteiger partial charge on any atom is 0.369 e. The maximum atomic E-state index is 13.1. The highest BCUT2D eigenvalue weighted by molar-refractivity contribution is 5.78. The van der Waals surface area contributed by atoms with Crippen LogP contribution in [0.4, 0.5) is 4.79 Å². The van der Waals surface area contributed by atoms with E-state index in [1.54, 1.807) is 23.1 Å². The minimum absolute atomic E-state index is 0.243. The molecule has 4 aromatic rings. The third-order valence-corrected chi connectivity index (χ3v) is 4.98. The number of carbonyl (C=O) groups excluding carboxylic acids is 1. The van der Waals surface area contributed by atoms with E-state index in [4.69, 9.17) is 5.10 Å². The van der Waals surface area contributed by atoms with Crippen molar-refractivity contribution >= 4 is 6.03 Å². The summed E-state index contributed by atoms with van der Waals surface area (Å²) in [5.41, 5.74) is 5.46. The molecule has 0 radical (unpaired) electrons. The fraction of sp³-hybridized carbons (Fsp3) is 0.208. The molecule has 29 heavy (non-hydrogen) atoms. The number of rotatable bonds is 6. The van der Waals surface area contributed by atoms with Crippen molar-refractivity contribution in [2.24, 2.45) is 0 Å². The lowest BCUT2D eigenvalue weighted by atomic mass is 9.97. The largest absolute Gasteiger partial charge is 0.369 e. The van der Waals surface area contributed by atoms with Gasteiger partial charge in [0.25, 0.3) is 0 Å². The monoisotopic (exact) mass is 384 g/mol. The second-order valence-corrected chi connectivity index (χ2v) is 7.09. The lowest BCUT2D eigenvalue weighted by Crippen LogP contribution is -2.23. The molecule has 0 amide bonds. The normalized spacial score (nSPS) is 10.9. The molecule has 2 aromatic carbocycles. The number of hydrogen-bond acceptors (Lipinski definition) is 3. The van der Waals surface area contributed by atoms with E-state index in [0.717, 1.165) is 36.2 Å². The van der Waals surface area contributed by atoms with E-state index in [1.165, 1.54) is 15.8 Å². The second kappa shape index (κ2) is 8.69.